The highest BCUT2D eigenvalue weighted by molar-refractivity contribution is 7.11. The van der Waals surface area contributed by atoms with Crippen LogP contribution in [-0.2, 0) is 0 Å². The molecule has 0 spiro atoms. The Labute approximate surface area is 106 Å². The zero-order valence-corrected chi connectivity index (χ0v) is 10.7. The third-order valence-corrected chi connectivity index (χ3v) is 3.72. The van der Waals surface area contributed by atoms with Crippen molar-refractivity contribution in [3.63, 3.8) is 0 Å². The lowest BCUT2D eigenvalue weighted by Crippen LogP contribution is -1.88. The van der Waals surface area contributed by atoms with Crippen molar-refractivity contribution in [1.29, 1.82) is 0 Å². The summed E-state index contributed by atoms with van der Waals surface area (Å²) in [5, 5.41) is 11.1. The van der Waals surface area contributed by atoms with Gasteiger partial charge in [0.25, 0.3) is 0 Å². The van der Waals surface area contributed by atoms with Gasteiger partial charge in [0.05, 0.1) is 0 Å². The Morgan fingerprint density at radius 1 is 1.24 bits per heavy atom. The summed E-state index contributed by atoms with van der Waals surface area (Å²) in [5.41, 5.74) is 3.74. The third kappa shape index (κ3) is 2.84. The van der Waals surface area contributed by atoms with Crippen molar-refractivity contribution in [2.45, 2.75) is 13.3 Å². The first-order valence-corrected chi connectivity index (χ1v) is 6.62. The Balaban J connectivity index is 2.43. The van der Waals surface area contributed by atoms with Gasteiger partial charge in [-0.2, -0.15) is 0 Å². The molecule has 1 heterocycles. The molecule has 1 aromatic carbocycles. The maximum absolute atomic E-state index is 8.99. The van der Waals surface area contributed by atoms with Gasteiger partial charge in [0, 0.05) is 11.5 Å². The van der Waals surface area contributed by atoms with Crippen molar-refractivity contribution in [2.24, 2.45) is 0 Å². The van der Waals surface area contributed by atoms with Crippen molar-refractivity contribution in [2.75, 3.05) is 6.61 Å². The SMILES string of the molecule is Cc1ccsc1/C(=C/CCO)c1ccccc1. The molecule has 0 unspecified atom stereocenters. The fourth-order valence-corrected chi connectivity index (χ4v) is 2.81. The average Bonchev–Trinajstić information content (AvgIpc) is 2.78. The van der Waals surface area contributed by atoms with E-state index >= 15 is 0 Å². The molecule has 2 rings (SSSR count). The van der Waals surface area contributed by atoms with Gasteiger partial charge in [-0.05, 0) is 41.5 Å². The molecule has 0 amide bonds. The summed E-state index contributed by atoms with van der Waals surface area (Å²) >= 11 is 1.75. The Morgan fingerprint density at radius 2 is 2.00 bits per heavy atom. The van der Waals surface area contributed by atoms with E-state index in [2.05, 4.69) is 36.6 Å². The smallest absolute Gasteiger partial charge is 0.0465 e. The highest BCUT2D eigenvalue weighted by Gasteiger charge is 2.08. The van der Waals surface area contributed by atoms with Crippen LogP contribution in [0, 0.1) is 6.92 Å². The summed E-state index contributed by atoms with van der Waals surface area (Å²) in [6.45, 7) is 2.32. The summed E-state index contributed by atoms with van der Waals surface area (Å²) < 4.78 is 0. The molecular formula is C15H16OS. The Hall–Kier alpha value is -1.38. The second-order valence-electron chi connectivity index (χ2n) is 3.93. The number of rotatable bonds is 4. The number of aryl methyl sites for hydroxylation is 1. The summed E-state index contributed by atoms with van der Waals surface area (Å²) in [4.78, 5) is 1.30. The molecule has 2 aromatic rings. The van der Waals surface area contributed by atoms with E-state index in [1.807, 2.05) is 18.2 Å². The lowest BCUT2D eigenvalue weighted by Gasteiger charge is -2.07. The van der Waals surface area contributed by atoms with E-state index in [1.54, 1.807) is 11.3 Å². The Kier molecular flexibility index (Phi) is 4.13. The van der Waals surface area contributed by atoms with Crippen LogP contribution in [0.1, 0.15) is 22.4 Å². The molecule has 0 saturated heterocycles. The molecule has 0 aliphatic carbocycles. The maximum Gasteiger partial charge on any atom is 0.0465 e. The van der Waals surface area contributed by atoms with Crippen LogP contribution in [0.4, 0.5) is 0 Å². The largest absolute Gasteiger partial charge is 0.396 e. The van der Waals surface area contributed by atoms with Gasteiger partial charge in [-0.3, -0.25) is 0 Å². The molecule has 0 radical (unpaired) electrons. The van der Waals surface area contributed by atoms with Gasteiger partial charge in [0.2, 0.25) is 0 Å². The average molecular weight is 244 g/mol. The molecule has 2 heteroatoms. The van der Waals surface area contributed by atoms with Gasteiger partial charge in [-0.1, -0.05) is 36.4 Å². The van der Waals surface area contributed by atoms with Crippen LogP contribution in [-0.4, -0.2) is 11.7 Å². The van der Waals surface area contributed by atoms with E-state index in [9.17, 15) is 0 Å². The summed E-state index contributed by atoms with van der Waals surface area (Å²) in [5.74, 6) is 0. The zero-order chi connectivity index (χ0) is 12.1. The standard InChI is InChI=1S/C15H16OS/c1-12-9-11-17-15(12)14(8-5-10-16)13-6-3-2-4-7-13/h2-4,6-9,11,16H,5,10H2,1H3/b14-8+. The van der Waals surface area contributed by atoms with E-state index in [-0.39, 0.29) is 6.61 Å². The van der Waals surface area contributed by atoms with Gasteiger partial charge in [0.1, 0.15) is 0 Å². The minimum atomic E-state index is 0.195. The van der Waals surface area contributed by atoms with E-state index in [0.29, 0.717) is 6.42 Å². The molecule has 88 valence electrons. The molecule has 17 heavy (non-hydrogen) atoms. The van der Waals surface area contributed by atoms with Crippen LogP contribution in [0.3, 0.4) is 0 Å². The van der Waals surface area contributed by atoms with E-state index < -0.39 is 0 Å². The van der Waals surface area contributed by atoms with Crippen LogP contribution in [0.25, 0.3) is 5.57 Å². The molecule has 0 saturated carbocycles. The molecule has 0 bridgehead atoms. The first-order valence-electron chi connectivity index (χ1n) is 5.74. The first-order chi connectivity index (χ1) is 8.33. The summed E-state index contributed by atoms with van der Waals surface area (Å²) in [6.07, 6.45) is 2.82. The molecule has 0 aliphatic rings. The fraction of sp³-hybridized carbons (Fsp3) is 0.200. The minimum absolute atomic E-state index is 0.195. The van der Waals surface area contributed by atoms with Crippen molar-refractivity contribution in [3.8, 4) is 0 Å². The molecule has 0 aliphatic heterocycles. The molecule has 0 atom stereocenters. The predicted molar refractivity (Wildman–Crippen MR) is 74.3 cm³/mol. The van der Waals surface area contributed by atoms with Crippen molar-refractivity contribution in [3.05, 3.63) is 63.9 Å². The van der Waals surface area contributed by atoms with E-state index in [1.165, 1.54) is 21.6 Å². The van der Waals surface area contributed by atoms with E-state index in [4.69, 9.17) is 5.11 Å². The molecule has 1 nitrogen and oxygen atoms in total. The Bertz CT molecular complexity index is 497. The van der Waals surface area contributed by atoms with Crippen molar-refractivity contribution >= 4 is 16.9 Å². The molecule has 1 N–H and O–H groups in total. The van der Waals surface area contributed by atoms with Gasteiger partial charge in [-0.25, -0.2) is 0 Å². The first kappa shape index (κ1) is 12.1. The lowest BCUT2D eigenvalue weighted by atomic mass is 10.0. The zero-order valence-electron chi connectivity index (χ0n) is 9.89. The third-order valence-electron chi connectivity index (χ3n) is 2.67. The van der Waals surface area contributed by atoms with E-state index in [0.717, 1.165) is 0 Å². The van der Waals surface area contributed by atoms with Gasteiger partial charge in [-0.15, -0.1) is 11.3 Å². The van der Waals surface area contributed by atoms with Crippen LogP contribution in [0.15, 0.2) is 47.9 Å². The lowest BCUT2D eigenvalue weighted by molar-refractivity contribution is 0.303. The second kappa shape index (κ2) is 5.80. The second-order valence-corrected chi connectivity index (χ2v) is 4.84. The summed E-state index contributed by atoms with van der Waals surface area (Å²) in [6, 6.07) is 12.5. The highest BCUT2D eigenvalue weighted by atomic mass is 32.1. The van der Waals surface area contributed by atoms with Crippen LogP contribution >= 0.6 is 11.3 Å². The molecular weight excluding hydrogens is 228 g/mol. The predicted octanol–water partition coefficient (Wildman–Crippen LogP) is 3.87. The number of thiophene rings is 1. The minimum Gasteiger partial charge on any atom is -0.396 e. The number of hydrogen-bond acceptors (Lipinski definition) is 2. The number of aliphatic hydroxyl groups excluding tert-OH is 1. The van der Waals surface area contributed by atoms with Gasteiger partial charge < -0.3 is 5.11 Å². The van der Waals surface area contributed by atoms with Crippen LogP contribution in [0.5, 0.6) is 0 Å². The van der Waals surface area contributed by atoms with Gasteiger partial charge in [0.15, 0.2) is 0 Å². The maximum atomic E-state index is 8.99. The monoisotopic (exact) mass is 244 g/mol. The quantitative estimate of drug-likeness (QED) is 0.865. The molecule has 1 aromatic heterocycles. The van der Waals surface area contributed by atoms with Crippen LogP contribution < -0.4 is 0 Å². The van der Waals surface area contributed by atoms with Gasteiger partial charge >= 0.3 is 0 Å². The van der Waals surface area contributed by atoms with Crippen molar-refractivity contribution < 1.29 is 5.11 Å². The summed E-state index contributed by atoms with van der Waals surface area (Å²) in [7, 11) is 0. The number of hydrogen-bond donors (Lipinski definition) is 1. The Morgan fingerprint density at radius 3 is 2.59 bits per heavy atom. The highest BCUT2D eigenvalue weighted by Crippen LogP contribution is 2.30. The number of benzene rings is 1. The van der Waals surface area contributed by atoms with Crippen molar-refractivity contribution in [1.82, 2.24) is 0 Å². The fourth-order valence-electron chi connectivity index (χ4n) is 1.82. The molecule has 0 fully saturated rings. The topological polar surface area (TPSA) is 20.2 Å². The van der Waals surface area contributed by atoms with Crippen LogP contribution in [0.2, 0.25) is 0 Å². The normalized spacial score (nSPS) is 11.8. The number of aliphatic hydroxyl groups is 1.